The van der Waals surface area contributed by atoms with Crippen LogP contribution < -0.4 is 15.1 Å². The van der Waals surface area contributed by atoms with Crippen molar-refractivity contribution >= 4 is 40.3 Å². The number of hydrogen-bond donors (Lipinski definition) is 1. The van der Waals surface area contributed by atoms with Crippen LogP contribution in [0.2, 0.25) is 5.02 Å². The van der Waals surface area contributed by atoms with Crippen LogP contribution in [0.5, 0.6) is 0 Å². The zero-order valence-electron chi connectivity index (χ0n) is 22.4. The van der Waals surface area contributed by atoms with Gasteiger partial charge in [0.2, 0.25) is 0 Å². The van der Waals surface area contributed by atoms with Crippen molar-refractivity contribution in [2.75, 3.05) is 36.1 Å². The van der Waals surface area contributed by atoms with Crippen molar-refractivity contribution in [2.45, 2.75) is 32.9 Å². The summed E-state index contributed by atoms with van der Waals surface area (Å²) in [6, 6.07) is 22.9. The van der Waals surface area contributed by atoms with E-state index in [9.17, 15) is 0 Å². The number of halogens is 1. The maximum atomic E-state index is 6.53. The molecule has 2 saturated heterocycles. The third kappa shape index (κ3) is 4.69. The molecule has 2 atom stereocenters. The number of hydrogen-bond acceptors (Lipinski definition) is 4. The molecule has 2 fully saturated rings. The number of anilines is 2. The van der Waals surface area contributed by atoms with Gasteiger partial charge in [-0.2, -0.15) is 0 Å². The first-order chi connectivity index (χ1) is 18.9. The molecule has 0 radical (unpaired) electrons. The highest BCUT2D eigenvalue weighted by Crippen LogP contribution is 2.44. The number of aryl methyl sites for hydroxylation is 1. The Morgan fingerprint density at radius 3 is 2.41 bits per heavy atom. The lowest BCUT2D eigenvalue weighted by Gasteiger charge is -2.31. The van der Waals surface area contributed by atoms with Crippen LogP contribution in [-0.2, 0) is 4.74 Å². The van der Waals surface area contributed by atoms with Crippen LogP contribution in [-0.4, -0.2) is 41.0 Å². The first kappa shape index (κ1) is 25.9. The normalized spacial score (nSPS) is 19.4. The van der Waals surface area contributed by atoms with E-state index in [0.717, 1.165) is 65.3 Å². The fourth-order valence-corrected chi connectivity index (χ4v) is 6.41. The molecule has 0 unspecified atom stereocenters. The minimum absolute atomic E-state index is 0.0823. The van der Waals surface area contributed by atoms with Gasteiger partial charge in [-0.15, -0.1) is 0 Å². The Morgan fingerprint density at radius 2 is 1.69 bits per heavy atom. The van der Waals surface area contributed by atoms with Crippen LogP contribution in [0, 0.1) is 20.8 Å². The molecule has 200 valence electrons. The zero-order chi connectivity index (χ0) is 27.1. The number of morpholine rings is 1. The van der Waals surface area contributed by atoms with Crippen molar-refractivity contribution in [3.63, 3.8) is 0 Å². The molecule has 6 nitrogen and oxygen atoms in total. The molecule has 0 spiro atoms. The second-order valence-electron chi connectivity index (χ2n) is 10.2. The summed E-state index contributed by atoms with van der Waals surface area (Å²) in [4.78, 5) is 9.33. The van der Waals surface area contributed by atoms with Crippen LogP contribution >= 0.6 is 23.8 Å². The summed E-state index contributed by atoms with van der Waals surface area (Å²) in [7, 11) is 0. The van der Waals surface area contributed by atoms with Gasteiger partial charge in [-0.1, -0.05) is 23.7 Å². The van der Waals surface area contributed by atoms with Gasteiger partial charge in [0, 0.05) is 52.8 Å². The van der Waals surface area contributed by atoms with E-state index < -0.39 is 0 Å². The summed E-state index contributed by atoms with van der Waals surface area (Å²) >= 11 is 12.5. The number of rotatable bonds is 5. The maximum absolute atomic E-state index is 6.53. The maximum Gasteiger partial charge on any atom is 0.174 e. The smallest absolute Gasteiger partial charge is 0.174 e. The summed E-state index contributed by atoms with van der Waals surface area (Å²) in [5.41, 5.74) is 8.87. The highest BCUT2D eigenvalue weighted by atomic mass is 35.5. The topological polar surface area (TPSA) is 45.6 Å². The van der Waals surface area contributed by atoms with E-state index in [1.807, 2.05) is 30.5 Å². The minimum Gasteiger partial charge on any atom is -0.378 e. The molecule has 2 aromatic heterocycles. The number of thiocarbonyl (C=S) groups is 1. The highest BCUT2D eigenvalue weighted by Gasteiger charge is 2.42. The van der Waals surface area contributed by atoms with Crippen molar-refractivity contribution in [3.05, 3.63) is 106 Å². The van der Waals surface area contributed by atoms with Gasteiger partial charge < -0.3 is 24.4 Å². The molecule has 0 amide bonds. The van der Waals surface area contributed by atoms with Crippen LogP contribution in [0.1, 0.15) is 40.3 Å². The van der Waals surface area contributed by atoms with Crippen molar-refractivity contribution in [1.29, 1.82) is 0 Å². The number of ether oxygens (including phenoxy) is 1. The molecule has 6 rings (SSSR count). The lowest BCUT2D eigenvalue weighted by Crippen LogP contribution is -2.36. The Kier molecular flexibility index (Phi) is 7.06. The molecular weight excluding hydrogens is 526 g/mol. The molecule has 2 aliphatic rings. The van der Waals surface area contributed by atoms with Crippen molar-refractivity contribution in [1.82, 2.24) is 14.9 Å². The van der Waals surface area contributed by atoms with E-state index in [2.05, 4.69) is 82.9 Å². The van der Waals surface area contributed by atoms with Gasteiger partial charge in [-0.05, 0) is 98.7 Å². The molecular formula is C31H32ClN5OS. The van der Waals surface area contributed by atoms with Gasteiger partial charge >= 0.3 is 0 Å². The molecule has 1 N–H and O–H groups in total. The fourth-order valence-electron chi connectivity index (χ4n) is 5.89. The SMILES string of the molecule is Cc1c(Cl)cccc1-n1c(C)cc([C@@H]2[C@H](c3ccccn3)NC(=S)N2c2ccc(N3CCOCC3)cc2)c1C. The number of nitrogens with one attached hydrogen (secondary N) is 1. The van der Waals surface area contributed by atoms with E-state index in [4.69, 9.17) is 33.5 Å². The molecule has 0 bridgehead atoms. The Labute approximate surface area is 240 Å². The summed E-state index contributed by atoms with van der Waals surface area (Å²) in [6.07, 6.45) is 1.84. The van der Waals surface area contributed by atoms with Gasteiger partial charge in [-0.3, -0.25) is 4.98 Å². The van der Waals surface area contributed by atoms with Crippen molar-refractivity contribution < 1.29 is 4.74 Å². The van der Waals surface area contributed by atoms with E-state index in [1.54, 1.807) is 0 Å². The van der Waals surface area contributed by atoms with Crippen LogP contribution in [0.25, 0.3) is 5.69 Å². The largest absolute Gasteiger partial charge is 0.378 e. The number of benzene rings is 2. The van der Waals surface area contributed by atoms with Gasteiger partial charge in [0.1, 0.15) is 0 Å². The summed E-state index contributed by atoms with van der Waals surface area (Å²) in [5.74, 6) is 0. The molecule has 0 saturated carbocycles. The molecule has 2 aliphatic heterocycles. The average molecular weight is 558 g/mol. The first-order valence-corrected chi connectivity index (χ1v) is 14.1. The fraction of sp³-hybridized carbons (Fsp3) is 0.290. The zero-order valence-corrected chi connectivity index (χ0v) is 24.0. The predicted molar refractivity (Wildman–Crippen MR) is 162 cm³/mol. The Balaban J connectivity index is 1.45. The molecule has 4 heterocycles. The quantitative estimate of drug-likeness (QED) is 0.284. The minimum atomic E-state index is -0.105. The van der Waals surface area contributed by atoms with E-state index in [1.165, 1.54) is 11.3 Å². The predicted octanol–water partition coefficient (Wildman–Crippen LogP) is 6.46. The lowest BCUT2D eigenvalue weighted by molar-refractivity contribution is 0.122. The third-order valence-electron chi connectivity index (χ3n) is 7.87. The summed E-state index contributed by atoms with van der Waals surface area (Å²) < 4.78 is 7.83. The third-order valence-corrected chi connectivity index (χ3v) is 8.60. The van der Waals surface area contributed by atoms with Crippen molar-refractivity contribution in [3.8, 4) is 5.69 Å². The van der Waals surface area contributed by atoms with Crippen LogP contribution in [0.3, 0.4) is 0 Å². The molecule has 0 aliphatic carbocycles. The first-order valence-electron chi connectivity index (χ1n) is 13.3. The molecule has 8 heteroatoms. The van der Waals surface area contributed by atoms with Crippen LogP contribution in [0.4, 0.5) is 11.4 Å². The lowest BCUT2D eigenvalue weighted by atomic mass is 9.96. The van der Waals surface area contributed by atoms with Gasteiger partial charge in [0.15, 0.2) is 5.11 Å². The van der Waals surface area contributed by atoms with Crippen molar-refractivity contribution in [2.24, 2.45) is 0 Å². The Bertz CT molecular complexity index is 1500. The van der Waals surface area contributed by atoms with Gasteiger partial charge in [-0.25, -0.2) is 0 Å². The van der Waals surface area contributed by atoms with E-state index >= 15 is 0 Å². The summed E-state index contributed by atoms with van der Waals surface area (Å²) in [6.45, 7) is 9.73. The molecule has 4 aromatic rings. The molecule has 39 heavy (non-hydrogen) atoms. The standard InChI is InChI=1S/C31H32ClN5OS/c1-20-19-25(22(3)36(20)28-9-6-7-26(32)21(28)2)30-29(27-8-4-5-14-33-27)34-31(39)37(30)24-12-10-23(11-13-24)35-15-17-38-18-16-35/h4-14,19,29-30H,15-18H2,1-3H3,(H,34,39)/t29-,30+/m0/s1. The van der Waals surface area contributed by atoms with E-state index in [0.29, 0.717) is 5.11 Å². The number of nitrogens with zero attached hydrogens (tertiary/aromatic N) is 4. The molecule has 2 aromatic carbocycles. The Morgan fingerprint density at radius 1 is 0.949 bits per heavy atom. The van der Waals surface area contributed by atoms with Gasteiger partial charge in [0.05, 0.1) is 31.0 Å². The summed E-state index contributed by atoms with van der Waals surface area (Å²) in [5, 5.41) is 5.05. The monoisotopic (exact) mass is 557 g/mol. The van der Waals surface area contributed by atoms with Crippen LogP contribution in [0.15, 0.2) is 72.9 Å². The second-order valence-corrected chi connectivity index (χ2v) is 11.0. The highest BCUT2D eigenvalue weighted by molar-refractivity contribution is 7.80. The second kappa shape index (κ2) is 10.6. The number of pyridine rings is 1. The average Bonchev–Trinajstić information content (AvgIpc) is 3.46. The number of aromatic nitrogens is 2. The van der Waals surface area contributed by atoms with Gasteiger partial charge in [0.25, 0.3) is 0 Å². The van der Waals surface area contributed by atoms with E-state index in [-0.39, 0.29) is 12.1 Å². The Hall–Kier alpha value is -3.39.